The largest absolute Gasteiger partial charge is 0.207 e. The lowest BCUT2D eigenvalue weighted by Crippen LogP contribution is -2.02. The summed E-state index contributed by atoms with van der Waals surface area (Å²) in [6.45, 7) is 1.99. The van der Waals surface area contributed by atoms with Crippen LogP contribution in [0.5, 0.6) is 0 Å². The molecule has 0 saturated heterocycles. The summed E-state index contributed by atoms with van der Waals surface area (Å²) in [4.78, 5) is 0. The Balaban J connectivity index is 1.52. The van der Waals surface area contributed by atoms with E-state index < -0.39 is 40.5 Å². The van der Waals surface area contributed by atoms with Gasteiger partial charge in [-0.25, -0.2) is 26.3 Å². The van der Waals surface area contributed by atoms with E-state index in [1.54, 1.807) is 0 Å². The molecule has 0 N–H and O–H groups in total. The number of hydrogen-bond donors (Lipinski definition) is 0. The molecule has 0 radical (unpaired) electrons. The molecule has 184 valence electrons. The van der Waals surface area contributed by atoms with Crippen LogP contribution in [0.2, 0.25) is 0 Å². The highest BCUT2D eigenvalue weighted by Gasteiger charge is 2.14. The molecule has 0 saturated carbocycles. The average molecular weight is 496 g/mol. The van der Waals surface area contributed by atoms with Crippen LogP contribution in [0.15, 0.2) is 54.6 Å². The zero-order valence-corrected chi connectivity index (χ0v) is 19.5. The first-order valence-electron chi connectivity index (χ1n) is 11.6. The van der Waals surface area contributed by atoms with E-state index in [0.717, 1.165) is 31.0 Å². The Morgan fingerprint density at radius 3 is 1.92 bits per heavy atom. The van der Waals surface area contributed by atoms with Gasteiger partial charge in [0.15, 0.2) is 11.6 Å². The zero-order valence-electron chi connectivity index (χ0n) is 19.5. The van der Waals surface area contributed by atoms with E-state index in [9.17, 15) is 26.3 Å². The quantitative estimate of drug-likeness (QED) is 0.186. The summed E-state index contributed by atoms with van der Waals surface area (Å²) in [6, 6.07) is 11.5. The van der Waals surface area contributed by atoms with Crippen LogP contribution in [0.25, 0.3) is 10.8 Å². The van der Waals surface area contributed by atoms with Crippen LogP contribution in [0.3, 0.4) is 0 Å². The highest BCUT2D eigenvalue weighted by atomic mass is 19.2. The summed E-state index contributed by atoms with van der Waals surface area (Å²) in [5.41, 5.74) is 0.617. The molecule has 6 heteroatoms. The lowest BCUT2D eigenvalue weighted by atomic mass is 9.99. The third-order valence-electron chi connectivity index (χ3n) is 6.02. The van der Waals surface area contributed by atoms with E-state index in [2.05, 4.69) is 11.8 Å². The Kier molecular flexibility index (Phi) is 7.69. The summed E-state index contributed by atoms with van der Waals surface area (Å²) >= 11 is 0. The molecule has 0 aliphatic heterocycles. The van der Waals surface area contributed by atoms with Crippen LogP contribution in [0, 0.1) is 46.7 Å². The Labute approximate surface area is 205 Å². The molecule has 4 aromatic rings. The van der Waals surface area contributed by atoms with Crippen molar-refractivity contribution in [1.29, 1.82) is 0 Å². The molecule has 0 fully saturated rings. The first-order chi connectivity index (χ1) is 17.3. The second-order valence-electron chi connectivity index (χ2n) is 8.62. The number of rotatable bonds is 6. The van der Waals surface area contributed by atoms with Gasteiger partial charge in [0.05, 0.1) is 5.56 Å². The molecule has 0 amide bonds. The minimum absolute atomic E-state index is 0.0382. The molecule has 0 aliphatic carbocycles. The fraction of sp³-hybridized carbons (Fsp3) is 0.200. The van der Waals surface area contributed by atoms with Crippen LogP contribution in [0.4, 0.5) is 26.3 Å². The van der Waals surface area contributed by atoms with Gasteiger partial charge in [-0.3, -0.25) is 0 Å². The second kappa shape index (κ2) is 10.9. The van der Waals surface area contributed by atoms with E-state index in [-0.39, 0.29) is 29.4 Å². The van der Waals surface area contributed by atoms with Crippen LogP contribution >= 0.6 is 0 Å². The van der Waals surface area contributed by atoms with E-state index in [1.807, 2.05) is 6.92 Å². The molecule has 0 atom stereocenters. The molecule has 0 unspecified atom stereocenters. The molecule has 0 aliphatic rings. The van der Waals surface area contributed by atoms with Gasteiger partial charge in [-0.15, -0.1) is 0 Å². The van der Waals surface area contributed by atoms with E-state index >= 15 is 0 Å². The number of benzene rings is 4. The van der Waals surface area contributed by atoms with Crippen LogP contribution in [0.1, 0.15) is 47.6 Å². The highest BCUT2D eigenvalue weighted by molar-refractivity contribution is 5.84. The van der Waals surface area contributed by atoms with Crippen molar-refractivity contribution in [2.75, 3.05) is 0 Å². The van der Waals surface area contributed by atoms with Crippen molar-refractivity contribution < 1.29 is 26.3 Å². The molecule has 4 aromatic carbocycles. The number of aryl methyl sites for hydroxylation is 2. The first kappa shape index (κ1) is 25.4. The van der Waals surface area contributed by atoms with Gasteiger partial charge in [0.1, 0.15) is 23.3 Å². The maximum absolute atomic E-state index is 14.6. The van der Waals surface area contributed by atoms with E-state index in [4.69, 9.17) is 0 Å². The number of halogens is 6. The zero-order chi connectivity index (χ0) is 25.8. The highest BCUT2D eigenvalue weighted by Crippen LogP contribution is 2.23. The number of hydrogen-bond acceptors (Lipinski definition) is 0. The minimum atomic E-state index is -0.980. The van der Waals surface area contributed by atoms with Crippen molar-refractivity contribution in [2.24, 2.45) is 0 Å². The van der Waals surface area contributed by atoms with E-state index in [0.29, 0.717) is 22.9 Å². The van der Waals surface area contributed by atoms with Crippen molar-refractivity contribution in [2.45, 2.75) is 39.0 Å². The normalized spacial score (nSPS) is 11.0. The van der Waals surface area contributed by atoms with Crippen molar-refractivity contribution in [1.82, 2.24) is 0 Å². The van der Waals surface area contributed by atoms with Gasteiger partial charge < -0.3 is 0 Å². The van der Waals surface area contributed by atoms with E-state index in [1.165, 1.54) is 36.4 Å². The van der Waals surface area contributed by atoms with Crippen molar-refractivity contribution in [3.05, 3.63) is 117 Å². The molecule has 0 spiro atoms. The summed E-state index contributed by atoms with van der Waals surface area (Å²) in [6.07, 6.45) is 2.30. The van der Waals surface area contributed by atoms with Crippen molar-refractivity contribution >= 4 is 10.8 Å². The number of fused-ring (bicyclic) bond motifs is 1. The summed E-state index contributed by atoms with van der Waals surface area (Å²) < 4.78 is 85.3. The topological polar surface area (TPSA) is 0 Å². The van der Waals surface area contributed by atoms with Crippen LogP contribution in [-0.4, -0.2) is 0 Å². The van der Waals surface area contributed by atoms with Gasteiger partial charge in [0, 0.05) is 16.5 Å². The minimum Gasteiger partial charge on any atom is -0.207 e. The van der Waals surface area contributed by atoms with Crippen LogP contribution in [-0.2, 0) is 19.3 Å². The van der Waals surface area contributed by atoms with Gasteiger partial charge in [0.25, 0.3) is 0 Å². The Bertz CT molecular complexity index is 1450. The molecule has 36 heavy (non-hydrogen) atoms. The monoisotopic (exact) mass is 496 g/mol. The fourth-order valence-corrected chi connectivity index (χ4v) is 4.06. The third kappa shape index (κ3) is 5.57. The lowest BCUT2D eigenvalue weighted by Gasteiger charge is -2.09. The Morgan fingerprint density at radius 1 is 0.611 bits per heavy atom. The first-order valence-corrected chi connectivity index (χ1v) is 11.6. The average Bonchev–Trinajstić information content (AvgIpc) is 2.84. The smallest absolute Gasteiger partial charge is 0.166 e. The fourth-order valence-electron chi connectivity index (χ4n) is 4.06. The predicted octanol–water partition coefficient (Wildman–Crippen LogP) is 8.20. The molecule has 0 aromatic heterocycles. The molecule has 4 rings (SSSR count). The second-order valence-corrected chi connectivity index (χ2v) is 8.62. The Morgan fingerprint density at radius 2 is 1.25 bits per heavy atom. The molecule has 0 heterocycles. The van der Waals surface area contributed by atoms with Crippen molar-refractivity contribution in [3.63, 3.8) is 0 Å². The summed E-state index contributed by atoms with van der Waals surface area (Å²) in [7, 11) is 0. The molecule has 0 nitrogen and oxygen atoms in total. The number of unbranched alkanes of at least 4 members (excludes halogenated alkanes) is 1. The summed E-state index contributed by atoms with van der Waals surface area (Å²) in [5.74, 6) is -0.00394. The molecular weight excluding hydrogens is 474 g/mol. The van der Waals surface area contributed by atoms with Gasteiger partial charge in [-0.05, 0) is 84.7 Å². The van der Waals surface area contributed by atoms with Gasteiger partial charge in [0.2, 0.25) is 0 Å². The van der Waals surface area contributed by atoms with Crippen molar-refractivity contribution in [3.8, 4) is 11.8 Å². The lowest BCUT2D eigenvalue weighted by molar-refractivity contribution is 0.517. The summed E-state index contributed by atoms with van der Waals surface area (Å²) in [5, 5.41) is 0.473. The SMILES string of the molecule is CCCCc1cc(F)c(CCc2cc(F)c(C#Cc3ccc4c(F)c(F)ccc4c3)c(F)c2)c(F)c1. The van der Waals surface area contributed by atoms with Gasteiger partial charge in [-0.1, -0.05) is 37.3 Å². The van der Waals surface area contributed by atoms with Crippen LogP contribution < -0.4 is 0 Å². The molecular formula is C30H22F6. The third-order valence-corrected chi connectivity index (χ3v) is 6.02. The van der Waals surface area contributed by atoms with Gasteiger partial charge >= 0.3 is 0 Å². The Hall–Kier alpha value is -3.72. The van der Waals surface area contributed by atoms with Gasteiger partial charge in [-0.2, -0.15) is 0 Å². The standard InChI is InChI=1S/C30H22F6/c1-2-3-4-19-14-26(32)24(27(33)15-19)11-7-20-16-28(34)23(29(35)17-20)10-6-18-5-9-22-21(13-18)8-12-25(31)30(22)36/h5,8-9,12-17H,2-4,7,11H2,1H3. The molecule has 0 bridgehead atoms. The maximum Gasteiger partial charge on any atom is 0.166 e. The maximum atomic E-state index is 14.6. The predicted molar refractivity (Wildman–Crippen MR) is 129 cm³/mol.